The number of aryl methyl sites for hydroxylation is 1. The predicted molar refractivity (Wildman–Crippen MR) is 110 cm³/mol. The summed E-state index contributed by atoms with van der Waals surface area (Å²) in [6, 6.07) is 12.8. The topological polar surface area (TPSA) is 38.8 Å². The predicted octanol–water partition coefficient (Wildman–Crippen LogP) is 4.14. The highest BCUT2D eigenvalue weighted by atomic mass is 16.5. The molecular weight excluding hydrogens is 350 g/mol. The Morgan fingerprint density at radius 2 is 2.07 bits per heavy atom. The smallest absolute Gasteiger partial charge is 0.311 e. The minimum Gasteiger partial charge on any atom is -0.496 e. The van der Waals surface area contributed by atoms with Crippen LogP contribution in [0.1, 0.15) is 47.4 Å². The summed E-state index contributed by atoms with van der Waals surface area (Å²) in [5, 5.41) is 0. The number of likely N-dealkylation sites (N-methyl/N-ethyl adjacent to an activating group) is 1. The van der Waals surface area contributed by atoms with Crippen molar-refractivity contribution in [3.8, 4) is 11.5 Å². The van der Waals surface area contributed by atoms with Gasteiger partial charge in [0.15, 0.2) is 0 Å². The molecule has 1 unspecified atom stereocenters. The molecule has 1 aliphatic heterocycles. The first-order valence-electron chi connectivity index (χ1n) is 10.3. The van der Waals surface area contributed by atoms with Gasteiger partial charge in [0.25, 0.3) is 0 Å². The monoisotopic (exact) mass is 379 g/mol. The van der Waals surface area contributed by atoms with E-state index in [0.717, 1.165) is 49.4 Å². The van der Waals surface area contributed by atoms with Crippen LogP contribution < -0.4 is 9.47 Å². The van der Waals surface area contributed by atoms with Gasteiger partial charge in [0.05, 0.1) is 13.5 Å². The fourth-order valence-corrected chi connectivity index (χ4v) is 4.55. The van der Waals surface area contributed by atoms with Crippen molar-refractivity contribution in [3.63, 3.8) is 0 Å². The van der Waals surface area contributed by atoms with Crippen molar-refractivity contribution < 1.29 is 14.3 Å². The molecule has 0 N–H and O–H groups in total. The number of methoxy groups -OCH3 is 1. The molecule has 2 aromatic carbocycles. The molecule has 0 radical (unpaired) electrons. The Morgan fingerprint density at radius 1 is 1.18 bits per heavy atom. The van der Waals surface area contributed by atoms with Gasteiger partial charge in [0, 0.05) is 13.1 Å². The molecule has 28 heavy (non-hydrogen) atoms. The number of nitrogens with zero attached hydrogens (tertiary/aromatic N) is 1. The largest absolute Gasteiger partial charge is 0.496 e. The zero-order valence-corrected chi connectivity index (χ0v) is 16.9. The van der Waals surface area contributed by atoms with E-state index in [4.69, 9.17) is 9.47 Å². The molecule has 4 nitrogen and oxygen atoms in total. The van der Waals surface area contributed by atoms with Crippen molar-refractivity contribution in [1.82, 2.24) is 4.90 Å². The van der Waals surface area contributed by atoms with E-state index >= 15 is 0 Å². The molecule has 0 amide bonds. The average Bonchev–Trinajstić information content (AvgIpc) is 2.71. The van der Waals surface area contributed by atoms with Crippen LogP contribution in [0.3, 0.4) is 0 Å². The van der Waals surface area contributed by atoms with E-state index in [1.54, 1.807) is 7.11 Å². The summed E-state index contributed by atoms with van der Waals surface area (Å²) in [4.78, 5) is 14.0. The molecule has 1 heterocycles. The van der Waals surface area contributed by atoms with Gasteiger partial charge in [-0.15, -0.1) is 0 Å². The third-order valence-corrected chi connectivity index (χ3v) is 6.08. The van der Waals surface area contributed by atoms with Crippen LogP contribution in [0.4, 0.5) is 0 Å². The highest BCUT2D eigenvalue weighted by Crippen LogP contribution is 2.37. The van der Waals surface area contributed by atoms with Crippen molar-refractivity contribution in [2.24, 2.45) is 0 Å². The van der Waals surface area contributed by atoms with Crippen molar-refractivity contribution in [1.29, 1.82) is 0 Å². The Labute approximate surface area is 167 Å². The molecule has 0 bridgehead atoms. The SMILES string of the molecule is COc1cccc2c1CCCC2CN(C)CCc1ccc2c(c1)OC(=O)CC2. The summed E-state index contributed by atoms with van der Waals surface area (Å²) in [5.74, 6) is 2.24. The van der Waals surface area contributed by atoms with Gasteiger partial charge in [0.1, 0.15) is 11.5 Å². The summed E-state index contributed by atoms with van der Waals surface area (Å²) >= 11 is 0. The van der Waals surface area contributed by atoms with Crippen LogP contribution in [0.5, 0.6) is 11.5 Å². The quantitative estimate of drug-likeness (QED) is 0.559. The molecule has 0 aromatic heterocycles. The molecule has 148 valence electrons. The molecule has 0 saturated heterocycles. The zero-order chi connectivity index (χ0) is 19.5. The standard InChI is InChI=1S/C24H29NO3/c1-25(14-13-17-9-10-18-11-12-24(26)28-23(18)15-17)16-19-5-3-7-21-20(19)6-4-8-22(21)27-2/h4,6,8-10,15,19H,3,5,7,11-14,16H2,1-2H3. The van der Waals surface area contributed by atoms with Crippen LogP contribution in [0, 0.1) is 0 Å². The van der Waals surface area contributed by atoms with Crippen LogP contribution in [0.25, 0.3) is 0 Å². The number of hydrogen-bond acceptors (Lipinski definition) is 4. The minimum atomic E-state index is -0.117. The van der Waals surface area contributed by atoms with Crippen LogP contribution in [0.15, 0.2) is 36.4 Å². The van der Waals surface area contributed by atoms with E-state index in [-0.39, 0.29) is 5.97 Å². The Hall–Kier alpha value is -2.33. The lowest BCUT2D eigenvalue weighted by atomic mass is 9.82. The van der Waals surface area contributed by atoms with Crippen LogP contribution in [-0.2, 0) is 24.1 Å². The number of rotatable bonds is 6. The van der Waals surface area contributed by atoms with E-state index in [1.165, 1.54) is 29.5 Å². The fourth-order valence-electron chi connectivity index (χ4n) is 4.55. The van der Waals surface area contributed by atoms with E-state index in [2.05, 4.69) is 42.3 Å². The summed E-state index contributed by atoms with van der Waals surface area (Å²) in [6.07, 6.45) is 5.81. The molecule has 0 saturated carbocycles. The van der Waals surface area contributed by atoms with Gasteiger partial charge < -0.3 is 14.4 Å². The molecule has 4 rings (SSSR count). The molecule has 1 aliphatic carbocycles. The first-order chi connectivity index (χ1) is 13.6. The fraction of sp³-hybridized carbons (Fsp3) is 0.458. The van der Waals surface area contributed by atoms with E-state index in [0.29, 0.717) is 12.3 Å². The summed E-state index contributed by atoms with van der Waals surface area (Å²) < 4.78 is 11.0. The first kappa shape index (κ1) is 19.0. The summed E-state index contributed by atoms with van der Waals surface area (Å²) in [6.45, 7) is 2.04. The minimum absolute atomic E-state index is 0.117. The van der Waals surface area contributed by atoms with Crippen molar-refractivity contribution in [3.05, 3.63) is 58.7 Å². The van der Waals surface area contributed by atoms with Crippen LogP contribution in [-0.4, -0.2) is 38.1 Å². The van der Waals surface area contributed by atoms with Gasteiger partial charge in [-0.1, -0.05) is 24.3 Å². The lowest BCUT2D eigenvalue weighted by Crippen LogP contribution is -2.28. The number of esters is 1. The normalized spacial score (nSPS) is 18.4. The third-order valence-electron chi connectivity index (χ3n) is 6.08. The van der Waals surface area contributed by atoms with Gasteiger partial charge in [-0.05, 0) is 79.5 Å². The van der Waals surface area contributed by atoms with E-state index in [9.17, 15) is 4.79 Å². The lowest BCUT2D eigenvalue weighted by Gasteiger charge is -2.30. The maximum absolute atomic E-state index is 11.5. The molecule has 0 spiro atoms. The molecular formula is C24H29NO3. The molecule has 2 aromatic rings. The Bertz CT molecular complexity index is 861. The maximum atomic E-state index is 11.5. The second kappa shape index (κ2) is 8.36. The number of hydrogen-bond donors (Lipinski definition) is 0. The van der Waals surface area contributed by atoms with Gasteiger partial charge in [-0.3, -0.25) is 4.79 Å². The molecule has 1 atom stereocenters. The number of carbonyl (C=O) groups excluding carboxylic acids is 1. The van der Waals surface area contributed by atoms with Gasteiger partial charge >= 0.3 is 5.97 Å². The van der Waals surface area contributed by atoms with E-state index in [1.807, 2.05) is 6.07 Å². The number of ether oxygens (including phenoxy) is 2. The number of carbonyl (C=O) groups is 1. The second-order valence-electron chi connectivity index (χ2n) is 8.05. The Balaban J connectivity index is 1.38. The third kappa shape index (κ3) is 4.07. The summed E-state index contributed by atoms with van der Waals surface area (Å²) in [5.41, 5.74) is 5.22. The van der Waals surface area contributed by atoms with Crippen molar-refractivity contribution >= 4 is 5.97 Å². The highest BCUT2D eigenvalue weighted by molar-refractivity contribution is 5.75. The highest BCUT2D eigenvalue weighted by Gasteiger charge is 2.24. The molecule has 4 heteroatoms. The van der Waals surface area contributed by atoms with Crippen molar-refractivity contribution in [2.75, 3.05) is 27.2 Å². The van der Waals surface area contributed by atoms with Crippen LogP contribution in [0.2, 0.25) is 0 Å². The maximum Gasteiger partial charge on any atom is 0.311 e. The Morgan fingerprint density at radius 3 is 2.93 bits per heavy atom. The van der Waals surface area contributed by atoms with Gasteiger partial charge in [0.2, 0.25) is 0 Å². The van der Waals surface area contributed by atoms with E-state index < -0.39 is 0 Å². The molecule has 2 aliphatic rings. The Kier molecular flexibility index (Phi) is 5.67. The second-order valence-corrected chi connectivity index (χ2v) is 8.05. The number of fused-ring (bicyclic) bond motifs is 2. The average molecular weight is 380 g/mol. The van der Waals surface area contributed by atoms with Crippen LogP contribution >= 0.6 is 0 Å². The molecule has 0 fully saturated rings. The van der Waals surface area contributed by atoms with Gasteiger partial charge in [-0.25, -0.2) is 0 Å². The lowest BCUT2D eigenvalue weighted by molar-refractivity contribution is -0.135. The number of benzene rings is 2. The zero-order valence-electron chi connectivity index (χ0n) is 16.9. The summed E-state index contributed by atoms with van der Waals surface area (Å²) in [7, 11) is 3.97. The van der Waals surface area contributed by atoms with Gasteiger partial charge in [-0.2, -0.15) is 0 Å². The van der Waals surface area contributed by atoms with Crippen molar-refractivity contribution in [2.45, 2.75) is 44.4 Å². The first-order valence-corrected chi connectivity index (χ1v) is 10.3.